The topological polar surface area (TPSA) is 80.3 Å². The van der Waals surface area contributed by atoms with Gasteiger partial charge in [0, 0.05) is 23.8 Å². The van der Waals surface area contributed by atoms with Crippen molar-refractivity contribution in [3.05, 3.63) is 41.0 Å². The Hall–Kier alpha value is -2.12. The van der Waals surface area contributed by atoms with Crippen LogP contribution in [0.4, 0.5) is 11.6 Å². The Morgan fingerprint density at radius 1 is 1.42 bits per heavy atom. The third-order valence-corrected chi connectivity index (χ3v) is 3.70. The van der Waals surface area contributed by atoms with Crippen LogP contribution in [0.25, 0.3) is 5.65 Å². The molecule has 0 aliphatic rings. The highest BCUT2D eigenvalue weighted by Crippen LogP contribution is 2.16. The van der Waals surface area contributed by atoms with E-state index in [-0.39, 0.29) is 0 Å². The van der Waals surface area contributed by atoms with E-state index in [4.69, 9.17) is 5.84 Å². The minimum absolute atomic E-state index is 0.601. The summed E-state index contributed by atoms with van der Waals surface area (Å²) in [7, 11) is 0. The molecule has 0 atom stereocenters. The van der Waals surface area contributed by atoms with E-state index in [1.165, 1.54) is 4.88 Å². The molecule has 4 N–H and O–H groups in total. The molecule has 0 fully saturated rings. The molecule has 0 radical (unpaired) electrons. The van der Waals surface area contributed by atoms with Crippen LogP contribution in [0.2, 0.25) is 0 Å². The largest absolute Gasteiger partial charge is 0.367 e. The van der Waals surface area contributed by atoms with Gasteiger partial charge in [-0.15, -0.1) is 11.3 Å². The lowest BCUT2D eigenvalue weighted by molar-refractivity contribution is 1.01. The monoisotopic (exact) mass is 274 g/mol. The lowest BCUT2D eigenvalue weighted by Gasteiger charge is -2.08. The van der Waals surface area contributed by atoms with Gasteiger partial charge in [-0.2, -0.15) is 0 Å². The third-order valence-electron chi connectivity index (χ3n) is 2.77. The number of hydrazine groups is 1. The summed E-state index contributed by atoms with van der Waals surface area (Å²) in [6.45, 7) is 0.810. The Morgan fingerprint density at radius 2 is 2.37 bits per heavy atom. The number of nitrogens with one attached hydrogen (secondary N) is 2. The van der Waals surface area contributed by atoms with E-state index >= 15 is 0 Å². The van der Waals surface area contributed by atoms with E-state index in [0.717, 1.165) is 24.4 Å². The van der Waals surface area contributed by atoms with Gasteiger partial charge in [0.25, 0.3) is 0 Å². The first kappa shape index (κ1) is 11.9. The van der Waals surface area contributed by atoms with Gasteiger partial charge in [0.1, 0.15) is 0 Å². The molecule has 3 aromatic heterocycles. The number of hydrogen-bond acceptors (Lipinski definition) is 6. The molecule has 3 rings (SSSR count). The highest BCUT2D eigenvalue weighted by Gasteiger charge is 2.06. The van der Waals surface area contributed by atoms with Crippen molar-refractivity contribution >= 4 is 28.6 Å². The Kier molecular flexibility index (Phi) is 3.30. The fourth-order valence-corrected chi connectivity index (χ4v) is 2.59. The lowest BCUT2D eigenvalue weighted by Crippen LogP contribution is -2.13. The van der Waals surface area contributed by atoms with Crippen LogP contribution in [0.1, 0.15) is 4.88 Å². The van der Waals surface area contributed by atoms with Gasteiger partial charge in [-0.3, -0.25) is 0 Å². The smallest absolute Gasteiger partial charge is 0.180 e. The maximum atomic E-state index is 5.41. The zero-order valence-electron chi connectivity index (χ0n) is 10.2. The molecule has 0 aromatic carbocycles. The quantitative estimate of drug-likeness (QED) is 0.488. The number of nitrogens with two attached hydrogens (primary N) is 1. The van der Waals surface area contributed by atoms with E-state index in [1.807, 2.05) is 10.6 Å². The fourth-order valence-electron chi connectivity index (χ4n) is 1.88. The van der Waals surface area contributed by atoms with Crippen molar-refractivity contribution in [2.24, 2.45) is 5.84 Å². The first-order chi connectivity index (χ1) is 9.36. The van der Waals surface area contributed by atoms with Gasteiger partial charge in [0.15, 0.2) is 17.3 Å². The predicted molar refractivity (Wildman–Crippen MR) is 77.3 cm³/mol. The molecule has 0 amide bonds. The van der Waals surface area contributed by atoms with E-state index in [1.54, 1.807) is 23.7 Å². The van der Waals surface area contributed by atoms with E-state index in [9.17, 15) is 0 Å². The summed E-state index contributed by atoms with van der Waals surface area (Å²) in [5, 5.41) is 5.39. The molecule has 0 saturated carbocycles. The maximum Gasteiger partial charge on any atom is 0.180 e. The van der Waals surface area contributed by atoms with Crippen molar-refractivity contribution in [2.75, 3.05) is 17.3 Å². The van der Waals surface area contributed by atoms with Gasteiger partial charge >= 0.3 is 0 Å². The van der Waals surface area contributed by atoms with Crippen molar-refractivity contribution in [3.63, 3.8) is 0 Å². The molecule has 7 heteroatoms. The highest BCUT2D eigenvalue weighted by molar-refractivity contribution is 7.09. The maximum absolute atomic E-state index is 5.41. The number of imidazole rings is 1. The Morgan fingerprint density at radius 3 is 3.16 bits per heavy atom. The van der Waals surface area contributed by atoms with Gasteiger partial charge in [-0.1, -0.05) is 6.07 Å². The summed E-state index contributed by atoms with van der Waals surface area (Å²) >= 11 is 1.76. The summed E-state index contributed by atoms with van der Waals surface area (Å²) < 4.78 is 1.88. The number of nitrogen functional groups attached to an aromatic ring is 1. The highest BCUT2D eigenvalue weighted by atomic mass is 32.1. The summed E-state index contributed by atoms with van der Waals surface area (Å²) in [4.78, 5) is 10.0. The van der Waals surface area contributed by atoms with E-state index in [0.29, 0.717) is 5.82 Å². The molecule has 0 spiro atoms. The van der Waals surface area contributed by atoms with Gasteiger partial charge < -0.3 is 15.1 Å². The number of nitrogens with zero attached hydrogens (tertiary/aromatic N) is 3. The zero-order valence-corrected chi connectivity index (χ0v) is 11.0. The van der Waals surface area contributed by atoms with Gasteiger partial charge in [-0.25, -0.2) is 15.8 Å². The Bertz CT molecular complexity index is 660. The average molecular weight is 274 g/mol. The van der Waals surface area contributed by atoms with Crippen LogP contribution in [-0.4, -0.2) is 20.9 Å². The lowest BCUT2D eigenvalue weighted by atomic mass is 10.3. The molecule has 3 aromatic rings. The van der Waals surface area contributed by atoms with Crippen LogP contribution in [0.5, 0.6) is 0 Å². The number of aromatic nitrogens is 3. The first-order valence-electron chi connectivity index (χ1n) is 5.93. The van der Waals surface area contributed by atoms with Gasteiger partial charge in [-0.05, 0) is 17.9 Å². The number of rotatable bonds is 5. The number of anilines is 2. The van der Waals surface area contributed by atoms with Crippen molar-refractivity contribution in [2.45, 2.75) is 6.42 Å². The first-order valence-corrected chi connectivity index (χ1v) is 6.81. The van der Waals surface area contributed by atoms with Gasteiger partial charge in [0.05, 0.1) is 6.20 Å². The SMILES string of the molecule is NNc1cn2ccnc2c(NCCc2cccs2)n1. The van der Waals surface area contributed by atoms with Crippen LogP contribution < -0.4 is 16.6 Å². The van der Waals surface area contributed by atoms with Gasteiger partial charge in [0.2, 0.25) is 0 Å². The molecule has 0 saturated heterocycles. The Labute approximate surface area is 114 Å². The standard InChI is InChI=1S/C12H14N6S/c13-17-10-8-18-6-5-15-12(18)11(16-10)14-4-3-9-2-1-7-19-9/h1-2,5-8,17H,3-4,13H2,(H,14,16). The molecule has 0 unspecified atom stereocenters. The summed E-state index contributed by atoms with van der Waals surface area (Å²) in [6, 6.07) is 4.19. The number of hydrogen-bond donors (Lipinski definition) is 3. The predicted octanol–water partition coefficient (Wildman–Crippen LogP) is 1.73. The molecular formula is C12H14N6S. The second-order valence-corrected chi connectivity index (χ2v) is 5.07. The van der Waals surface area contributed by atoms with Crippen LogP contribution in [0.3, 0.4) is 0 Å². The van der Waals surface area contributed by atoms with Crippen LogP contribution >= 0.6 is 11.3 Å². The van der Waals surface area contributed by atoms with Crippen molar-refractivity contribution in [1.82, 2.24) is 14.4 Å². The van der Waals surface area contributed by atoms with Crippen molar-refractivity contribution < 1.29 is 0 Å². The molecule has 0 aliphatic carbocycles. The summed E-state index contributed by atoms with van der Waals surface area (Å²) in [6.07, 6.45) is 6.36. The second kappa shape index (κ2) is 5.25. The molecule has 0 aliphatic heterocycles. The summed E-state index contributed by atoms with van der Waals surface area (Å²) in [5.74, 6) is 6.75. The average Bonchev–Trinajstić information content (AvgIpc) is 3.08. The zero-order chi connectivity index (χ0) is 13.1. The summed E-state index contributed by atoms with van der Waals surface area (Å²) in [5.41, 5.74) is 3.35. The number of thiophene rings is 1. The van der Waals surface area contributed by atoms with Crippen molar-refractivity contribution in [1.29, 1.82) is 0 Å². The third kappa shape index (κ3) is 2.51. The van der Waals surface area contributed by atoms with Crippen LogP contribution in [0, 0.1) is 0 Å². The molecule has 98 valence electrons. The normalized spacial score (nSPS) is 10.8. The molecule has 3 heterocycles. The van der Waals surface area contributed by atoms with E-state index < -0.39 is 0 Å². The molecule has 6 nitrogen and oxygen atoms in total. The van der Waals surface area contributed by atoms with Crippen LogP contribution in [0.15, 0.2) is 36.1 Å². The molecule has 0 bridgehead atoms. The number of fused-ring (bicyclic) bond motifs is 1. The molecule has 19 heavy (non-hydrogen) atoms. The van der Waals surface area contributed by atoms with Crippen LogP contribution in [-0.2, 0) is 6.42 Å². The molecular weight excluding hydrogens is 260 g/mol. The van der Waals surface area contributed by atoms with E-state index in [2.05, 4.69) is 38.2 Å². The minimum atomic E-state index is 0.601. The van der Waals surface area contributed by atoms with Crippen molar-refractivity contribution in [3.8, 4) is 0 Å². The minimum Gasteiger partial charge on any atom is -0.367 e. The fraction of sp³-hybridized carbons (Fsp3) is 0.167. The Balaban J connectivity index is 1.77. The second-order valence-electron chi connectivity index (χ2n) is 4.03.